The largest absolute Gasteiger partial charge is 0.381 e. The van der Waals surface area contributed by atoms with E-state index in [2.05, 4.69) is 53.5 Å². The van der Waals surface area contributed by atoms with Crippen LogP contribution < -0.4 is 5.32 Å². The molecule has 1 unspecified atom stereocenters. The summed E-state index contributed by atoms with van der Waals surface area (Å²) in [6.45, 7) is 7.79. The number of hydrogen-bond acceptors (Lipinski definition) is 4. The molecule has 146 valence electrons. The number of rotatable bonds is 4. The van der Waals surface area contributed by atoms with Crippen molar-refractivity contribution in [2.45, 2.75) is 45.6 Å². The number of nitrogens with one attached hydrogen (secondary N) is 1. The van der Waals surface area contributed by atoms with Gasteiger partial charge in [0.15, 0.2) is 5.65 Å². The highest BCUT2D eigenvalue weighted by atomic mass is 16.2. The van der Waals surface area contributed by atoms with E-state index in [9.17, 15) is 4.79 Å². The van der Waals surface area contributed by atoms with Crippen molar-refractivity contribution in [3.8, 4) is 0 Å². The second kappa shape index (κ2) is 7.62. The lowest BCUT2D eigenvalue weighted by Crippen LogP contribution is -2.45. The summed E-state index contributed by atoms with van der Waals surface area (Å²) in [5.74, 6) is 0.560. The van der Waals surface area contributed by atoms with Crippen LogP contribution in [0.25, 0.3) is 5.65 Å². The lowest BCUT2D eigenvalue weighted by atomic mass is 10.0. The van der Waals surface area contributed by atoms with Crippen molar-refractivity contribution in [2.24, 2.45) is 0 Å². The van der Waals surface area contributed by atoms with Gasteiger partial charge in [-0.15, -0.1) is 0 Å². The summed E-state index contributed by atoms with van der Waals surface area (Å²) in [5.41, 5.74) is 4.66. The van der Waals surface area contributed by atoms with Crippen molar-refractivity contribution in [1.82, 2.24) is 19.5 Å². The van der Waals surface area contributed by atoms with E-state index in [1.54, 1.807) is 16.9 Å². The first kappa shape index (κ1) is 18.5. The summed E-state index contributed by atoms with van der Waals surface area (Å²) in [7, 11) is 0. The number of likely N-dealkylation sites (tertiary alicyclic amines) is 1. The minimum Gasteiger partial charge on any atom is -0.381 e. The predicted molar refractivity (Wildman–Crippen MR) is 111 cm³/mol. The van der Waals surface area contributed by atoms with Crippen LogP contribution in [0, 0.1) is 6.92 Å². The van der Waals surface area contributed by atoms with Crippen molar-refractivity contribution in [2.75, 3.05) is 18.4 Å². The van der Waals surface area contributed by atoms with E-state index in [1.807, 2.05) is 17.9 Å². The third-order valence-corrected chi connectivity index (χ3v) is 5.54. The number of benzene rings is 1. The topological polar surface area (TPSA) is 62.5 Å². The SMILES string of the molecule is Cc1c(C(=O)N2CCCC(Nc3ccc(C(C)C)cc3)C2)cnc2ccnn12. The fourth-order valence-electron chi connectivity index (χ4n) is 3.85. The molecule has 1 amide bonds. The number of amides is 1. The van der Waals surface area contributed by atoms with Crippen LogP contribution in [0.5, 0.6) is 0 Å². The lowest BCUT2D eigenvalue weighted by Gasteiger charge is -2.34. The van der Waals surface area contributed by atoms with E-state index < -0.39 is 0 Å². The highest BCUT2D eigenvalue weighted by molar-refractivity contribution is 5.95. The predicted octanol–water partition coefficient (Wildman–Crippen LogP) is 3.88. The van der Waals surface area contributed by atoms with Crippen molar-refractivity contribution in [1.29, 1.82) is 0 Å². The van der Waals surface area contributed by atoms with Gasteiger partial charge in [-0.05, 0) is 43.4 Å². The van der Waals surface area contributed by atoms with Crippen LogP contribution in [0.4, 0.5) is 5.69 Å². The molecule has 1 aliphatic heterocycles. The Morgan fingerprint density at radius 3 is 2.75 bits per heavy atom. The summed E-state index contributed by atoms with van der Waals surface area (Å²) >= 11 is 0. The van der Waals surface area contributed by atoms with Crippen molar-refractivity contribution in [3.63, 3.8) is 0 Å². The first-order chi connectivity index (χ1) is 13.5. The molecule has 4 rings (SSSR count). The molecule has 1 fully saturated rings. The third-order valence-electron chi connectivity index (χ3n) is 5.54. The number of hydrogen-bond donors (Lipinski definition) is 1. The first-order valence-electron chi connectivity index (χ1n) is 9.98. The number of aryl methyl sites for hydroxylation is 1. The Labute approximate surface area is 165 Å². The monoisotopic (exact) mass is 377 g/mol. The Hall–Kier alpha value is -2.89. The average molecular weight is 377 g/mol. The van der Waals surface area contributed by atoms with Crippen LogP contribution in [0.1, 0.15) is 54.2 Å². The van der Waals surface area contributed by atoms with E-state index >= 15 is 0 Å². The number of nitrogens with zero attached hydrogens (tertiary/aromatic N) is 4. The number of aromatic nitrogens is 3. The van der Waals surface area contributed by atoms with Gasteiger partial charge in [-0.2, -0.15) is 5.10 Å². The van der Waals surface area contributed by atoms with E-state index in [4.69, 9.17) is 0 Å². The summed E-state index contributed by atoms with van der Waals surface area (Å²) in [4.78, 5) is 19.4. The van der Waals surface area contributed by atoms with Gasteiger partial charge < -0.3 is 10.2 Å². The molecule has 1 atom stereocenters. The molecule has 3 aromatic rings. The maximum Gasteiger partial charge on any atom is 0.257 e. The van der Waals surface area contributed by atoms with Crippen molar-refractivity contribution < 1.29 is 4.79 Å². The quantitative estimate of drug-likeness (QED) is 0.749. The Morgan fingerprint density at radius 1 is 1.21 bits per heavy atom. The van der Waals surface area contributed by atoms with Crippen LogP contribution in [-0.2, 0) is 0 Å². The molecule has 28 heavy (non-hydrogen) atoms. The first-order valence-corrected chi connectivity index (χ1v) is 9.98. The highest BCUT2D eigenvalue weighted by Gasteiger charge is 2.26. The van der Waals surface area contributed by atoms with Crippen LogP contribution in [0.15, 0.2) is 42.7 Å². The van der Waals surface area contributed by atoms with Gasteiger partial charge in [0.1, 0.15) is 0 Å². The van der Waals surface area contributed by atoms with Crippen LogP contribution in [0.3, 0.4) is 0 Å². The van der Waals surface area contributed by atoms with Gasteiger partial charge in [0, 0.05) is 37.1 Å². The van der Waals surface area contributed by atoms with Gasteiger partial charge >= 0.3 is 0 Å². The molecule has 6 nitrogen and oxygen atoms in total. The Bertz CT molecular complexity index is 976. The summed E-state index contributed by atoms with van der Waals surface area (Å²) < 4.78 is 1.73. The molecular weight excluding hydrogens is 350 g/mol. The maximum atomic E-state index is 13.1. The minimum atomic E-state index is 0.0315. The molecule has 0 radical (unpaired) electrons. The molecule has 3 heterocycles. The molecule has 1 aliphatic rings. The van der Waals surface area contributed by atoms with Gasteiger partial charge in [-0.3, -0.25) is 4.79 Å². The lowest BCUT2D eigenvalue weighted by molar-refractivity contribution is 0.0713. The second-order valence-corrected chi connectivity index (χ2v) is 7.87. The highest BCUT2D eigenvalue weighted by Crippen LogP contribution is 2.21. The molecule has 0 bridgehead atoms. The molecule has 0 aliphatic carbocycles. The minimum absolute atomic E-state index is 0.0315. The number of anilines is 1. The summed E-state index contributed by atoms with van der Waals surface area (Å²) in [6, 6.07) is 10.7. The standard InChI is InChI=1S/C22H27N5O/c1-15(2)17-6-8-18(9-7-17)25-19-5-4-12-26(14-19)22(28)20-13-23-21-10-11-24-27(21)16(20)3/h6-11,13,15,19,25H,4-5,12,14H2,1-3H3. The normalized spacial score (nSPS) is 17.3. The second-order valence-electron chi connectivity index (χ2n) is 7.87. The van der Waals surface area contributed by atoms with Gasteiger partial charge in [0.05, 0.1) is 17.5 Å². The number of piperidine rings is 1. The molecule has 1 N–H and O–H groups in total. The molecule has 0 spiro atoms. The van der Waals surface area contributed by atoms with Crippen LogP contribution in [0.2, 0.25) is 0 Å². The summed E-state index contributed by atoms with van der Waals surface area (Å²) in [6.07, 6.45) is 5.43. The zero-order chi connectivity index (χ0) is 19.7. The van der Waals surface area contributed by atoms with Gasteiger partial charge in [-0.1, -0.05) is 26.0 Å². The molecule has 1 saturated heterocycles. The van der Waals surface area contributed by atoms with Gasteiger partial charge in [-0.25, -0.2) is 9.50 Å². The van der Waals surface area contributed by atoms with Crippen molar-refractivity contribution >= 4 is 17.2 Å². The maximum absolute atomic E-state index is 13.1. The molecule has 1 aromatic carbocycles. The number of carbonyl (C=O) groups excluding carboxylic acids is 1. The fourth-order valence-corrected chi connectivity index (χ4v) is 3.85. The van der Waals surface area contributed by atoms with Crippen molar-refractivity contribution in [3.05, 3.63) is 59.5 Å². The summed E-state index contributed by atoms with van der Waals surface area (Å²) in [5, 5.41) is 7.86. The van der Waals surface area contributed by atoms with E-state index in [0.29, 0.717) is 18.0 Å². The van der Waals surface area contributed by atoms with Gasteiger partial charge in [0.25, 0.3) is 5.91 Å². The Kier molecular flexibility index (Phi) is 5.03. The van der Waals surface area contributed by atoms with E-state index in [1.165, 1.54) is 5.56 Å². The molecule has 6 heteroatoms. The van der Waals surface area contributed by atoms with E-state index in [0.717, 1.165) is 36.4 Å². The molecular formula is C22H27N5O. The smallest absolute Gasteiger partial charge is 0.257 e. The average Bonchev–Trinajstić information content (AvgIpc) is 3.18. The van der Waals surface area contributed by atoms with Gasteiger partial charge in [0.2, 0.25) is 0 Å². The zero-order valence-corrected chi connectivity index (χ0v) is 16.7. The third kappa shape index (κ3) is 3.59. The van der Waals surface area contributed by atoms with Crippen LogP contribution in [-0.4, -0.2) is 44.5 Å². The molecule has 0 saturated carbocycles. The Morgan fingerprint density at radius 2 is 2.00 bits per heavy atom. The Balaban J connectivity index is 1.46. The van der Waals surface area contributed by atoms with Crippen LogP contribution >= 0.6 is 0 Å². The fraction of sp³-hybridized carbons (Fsp3) is 0.409. The number of fused-ring (bicyclic) bond motifs is 1. The van der Waals surface area contributed by atoms with E-state index in [-0.39, 0.29) is 11.9 Å². The zero-order valence-electron chi connectivity index (χ0n) is 16.7. The molecule has 2 aromatic heterocycles. The number of carbonyl (C=O) groups is 1.